The zero-order chi connectivity index (χ0) is 49.3. The zero-order valence-corrected chi connectivity index (χ0v) is 41.5. The number of aromatic nitrogens is 2. The van der Waals surface area contributed by atoms with E-state index in [1.54, 1.807) is 56.8 Å². The maximum atomic E-state index is 12.0. The summed E-state index contributed by atoms with van der Waals surface area (Å²) in [5.41, 5.74) is 4.79. The van der Waals surface area contributed by atoms with E-state index in [-0.39, 0.29) is 7.92 Å². The quantitative estimate of drug-likeness (QED) is 0.0597. The van der Waals surface area contributed by atoms with Gasteiger partial charge in [0.05, 0.1) is 25.5 Å². The van der Waals surface area contributed by atoms with E-state index in [1.165, 1.54) is 87.8 Å². The highest BCUT2D eigenvalue weighted by Gasteiger charge is 2.49. The molecule has 0 amide bonds. The summed E-state index contributed by atoms with van der Waals surface area (Å²) in [4.78, 5) is 8.04. The molecule has 0 bridgehead atoms. The van der Waals surface area contributed by atoms with Crippen molar-refractivity contribution in [1.82, 2.24) is 9.97 Å². The highest BCUT2D eigenvalue weighted by Crippen LogP contribution is 2.57. The van der Waals surface area contributed by atoms with Gasteiger partial charge in [0.2, 0.25) is 5.88 Å². The van der Waals surface area contributed by atoms with Gasteiger partial charge in [-0.25, -0.2) is 4.98 Å². The van der Waals surface area contributed by atoms with Crippen LogP contribution in [-0.4, -0.2) is 66.6 Å². The molecule has 2 aliphatic carbocycles. The van der Waals surface area contributed by atoms with Gasteiger partial charge < -0.3 is 23.7 Å². The molecule has 362 valence electrons. The van der Waals surface area contributed by atoms with E-state index in [1.807, 2.05) is 37.3 Å². The van der Waals surface area contributed by atoms with Gasteiger partial charge in [-0.05, 0) is 122 Å². The summed E-state index contributed by atoms with van der Waals surface area (Å²) >= 11 is 0. The van der Waals surface area contributed by atoms with Crippen molar-refractivity contribution in [3.05, 3.63) is 150 Å². The molecule has 0 saturated heterocycles. The number of nitrogens with zero attached hydrogens (tertiary/aromatic N) is 2. The van der Waals surface area contributed by atoms with Gasteiger partial charge in [-0.3, -0.25) is 4.98 Å². The van der Waals surface area contributed by atoms with Gasteiger partial charge in [-0.2, -0.15) is 21.6 Å². The smallest absolute Gasteiger partial charge is 0.496 e. The van der Waals surface area contributed by atoms with E-state index in [9.17, 15) is 21.6 Å². The number of alkyl halides is 3. The first-order valence-corrected chi connectivity index (χ1v) is 25.9. The molecule has 0 unspecified atom stereocenters. The van der Waals surface area contributed by atoms with Crippen LogP contribution in [0.1, 0.15) is 86.7 Å². The van der Waals surface area contributed by atoms with Crippen LogP contribution >= 0.6 is 7.92 Å². The van der Waals surface area contributed by atoms with E-state index in [0.717, 1.165) is 45.8 Å². The monoisotopic (exact) mass is 970 g/mol. The third-order valence-electron chi connectivity index (χ3n) is 11.6. The van der Waals surface area contributed by atoms with Crippen LogP contribution in [0, 0.1) is 27.7 Å². The second-order valence-electron chi connectivity index (χ2n) is 17.0. The van der Waals surface area contributed by atoms with Gasteiger partial charge in [0.25, 0.3) is 0 Å². The molecule has 2 fully saturated rings. The normalized spacial score (nSPS) is 14.2. The second kappa shape index (κ2) is 25.9. The predicted octanol–water partition coefficient (Wildman–Crippen LogP) is 11.8. The average molecular weight is 971 g/mol. The number of pyridine rings is 2. The minimum absolute atomic E-state index is 0.182. The van der Waals surface area contributed by atoms with E-state index >= 15 is 0 Å². The van der Waals surface area contributed by atoms with Crippen molar-refractivity contribution in [2.24, 2.45) is 0 Å². The fraction of sp³-hybridized carbons (Fsp3) is 0.358. The van der Waals surface area contributed by atoms with Gasteiger partial charge in [-0.1, -0.05) is 137 Å². The Hall–Kier alpha value is -5.27. The van der Waals surface area contributed by atoms with Crippen LogP contribution in [0.5, 0.6) is 17.4 Å². The molecule has 2 heterocycles. The molecule has 0 radical (unpaired) electrons. The molecule has 2 aliphatic rings. The molecule has 0 spiro atoms. The van der Waals surface area contributed by atoms with Crippen LogP contribution in [0.25, 0.3) is 22.4 Å². The largest absolute Gasteiger partial charge is 0.534 e. The Labute approximate surface area is 402 Å². The highest BCUT2D eigenvalue weighted by atomic mass is 32.2. The highest BCUT2D eigenvalue weighted by molar-refractivity contribution is 7.88. The topological polar surface area (TPSA) is 128 Å². The third-order valence-corrected chi connectivity index (χ3v) is 16.1. The summed E-state index contributed by atoms with van der Waals surface area (Å²) in [5, 5.41) is 18.7. The Morgan fingerprint density at radius 2 is 1.10 bits per heavy atom. The summed E-state index contributed by atoms with van der Waals surface area (Å²) in [7, 11) is -3.63. The van der Waals surface area contributed by atoms with Crippen molar-refractivity contribution in [2.75, 3.05) is 14.2 Å². The van der Waals surface area contributed by atoms with Gasteiger partial charge in [0, 0.05) is 23.0 Å². The van der Waals surface area contributed by atoms with Gasteiger partial charge in [-0.15, -0.1) is 0 Å². The number of aryl methyl sites for hydroxylation is 4. The molecule has 15 heteroatoms. The van der Waals surface area contributed by atoms with E-state index < -0.39 is 28.6 Å². The third kappa shape index (κ3) is 15.6. The predicted molar refractivity (Wildman–Crippen MR) is 270 cm³/mol. The Morgan fingerprint density at radius 3 is 1.57 bits per heavy atom. The molecular formula is C53H63BF3N2O7PS. The second-order valence-corrected chi connectivity index (χ2v) is 21.3. The lowest BCUT2D eigenvalue weighted by molar-refractivity contribution is -0.0501. The number of hydrogen-bond donors (Lipinski definition) is 2. The first kappa shape index (κ1) is 53.7. The van der Waals surface area contributed by atoms with Gasteiger partial charge in [0.15, 0.2) is 0 Å². The number of halogens is 3. The van der Waals surface area contributed by atoms with E-state index in [0.29, 0.717) is 16.7 Å². The number of benzene rings is 4. The Bertz CT molecular complexity index is 2510. The van der Waals surface area contributed by atoms with E-state index in [2.05, 4.69) is 81.7 Å². The van der Waals surface area contributed by atoms with Crippen LogP contribution in [0.3, 0.4) is 0 Å². The van der Waals surface area contributed by atoms with Gasteiger partial charge >= 0.3 is 22.7 Å². The van der Waals surface area contributed by atoms with Crippen LogP contribution in [-0.2, 0) is 10.1 Å². The summed E-state index contributed by atoms with van der Waals surface area (Å²) in [6.45, 7) is 7.22. The fourth-order valence-corrected chi connectivity index (χ4v) is 13.0. The van der Waals surface area contributed by atoms with Crippen molar-refractivity contribution in [1.29, 1.82) is 0 Å². The lowest BCUT2D eigenvalue weighted by Gasteiger charge is -2.39. The minimum Gasteiger partial charge on any atom is -0.496 e. The molecule has 68 heavy (non-hydrogen) atoms. The lowest BCUT2D eigenvalue weighted by Crippen LogP contribution is -2.29. The van der Waals surface area contributed by atoms with Crippen molar-refractivity contribution in [3.63, 3.8) is 0 Å². The van der Waals surface area contributed by atoms with E-state index in [4.69, 9.17) is 19.5 Å². The molecule has 2 N–H and O–H groups in total. The maximum absolute atomic E-state index is 12.0. The maximum Gasteiger partial charge on any atom is 0.534 e. The molecule has 0 atom stereocenters. The molecule has 8 rings (SSSR count). The molecule has 2 saturated carbocycles. The summed E-state index contributed by atoms with van der Waals surface area (Å²) in [6.07, 6.45) is 14.2. The minimum atomic E-state index is -5.65. The van der Waals surface area contributed by atoms with Crippen LogP contribution in [0.15, 0.2) is 127 Å². The van der Waals surface area contributed by atoms with Gasteiger partial charge in [0.1, 0.15) is 11.5 Å². The summed E-state index contributed by atoms with van der Waals surface area (Å²) < 4.78 is 72.7. The van der Waals surface area contributed by atoms with Crippen molar-refractivity contribution >= 4 is 35.9 Å². The van der Waals surface area contributed by atoms with Crippen molar-refractivity contribution in [3.8, 4) is 39.8 Å². The molecule has 6 aromatic rings. The first-order chi connectivity index (χ1) is 32.5. The van der Waals surface area contributed by atoms with Crippen LogP contribution in [0.4, 0.5) is 13.2 Å². The lowest BCUT2D eigenvalue weighted by atomic mass is 9.81. The fourth-order valence-electron chi connectivity index (χ4n) is 8.67. The SMILES string of the molecule is COc1cccc(OC)c1-c1ccccc1P(C1CCCCC1)C1CCCCC1.Cc1cc(C)nc(-c2ccccc2)c1.Cc1cc(C)nc(OS(=O)(=O)C(F)(F)F)c1.OB(O)c1ccccc1. The first-order valence-electron chi connectivity index (χ1n) is 23.0. The number of hydrogen-bond acceptors (Lipinski definition) is 9. The van der Waals surface area contributed by atoms with Crippen LogP contribution < -0.4 is 24.4 Å². The zero-order valence-electron chi connectivity index (χ0n) is 39.7. The molecule has 9 nitrogen and oxygen atoms in total. The molecule has 2 aromatic heterocycles. The molecular weight excluding hydrogens is 907 g/mol. The number of rotatable bonds is 10. The Morgan fingerprint density at radius 1 is 0.618 bits per heavy atom. The van der Waals surface area contributed by atoms with Crippen molar-refractivity contribution in [2.45, 2.75) is 109 Å². The summed E-state index contributed by atoms with van der Waals surface area (Å²) in [5.74, 6) is 1.24. The molecule has 4 aromatic carbocycles. The van der Waals surface area contributed by atoms with Crippen molar-refractivity contribution < 1.29 is 45.3 Å². The average Bonchev–Trinajstić information content (AvgIpc) is 3.32. The molecule has 0 aliphatic heterocycles. The number of ether oxygens (including phenoxy) is 2. The standard InChI is InChI=1S/C26H35O2P.C13H13N.C8H8F3NO3S.C6H7BO2/c1-27-23-17-11-18-24(28-2)26(23)22-16-9-10-19-25(22)29(20-12-5-3-6-13-20)21-14-7-4-8-15-21;1-10-8-11(2)14-13(9-10)12-6-4-3-5-7-12;1-5-3-6(2)12-7(4-5)15-16(13,14)8(9,10)11;8-7(9)6-4-2-1-3-5-6/h9-11,16-21H,3-8,12-15H2,1-2H3;3-9H,1-2H3;3-4H,1-2H3;1-5,8-9H. The Kier molecular flexibility index (Phi) is 20.5. The Balaban J connectivity index is 0.000000187. The number of methoxy groups -OCH3 is 2. The summed E-state index contributed by atoms with van der Waals surface area (Å²) in [6, 6.07) is 41.1. The van der Waals surface area contributed by atoms with Crippen LogP contribution in [0.2, 0.25) is 0 Å².